The van der Waals surface area contributed by atoms with Crippen LogP contribution < -0.4 is 10.2 Å². The topological polar surface area (TPSA) is 31.4 Å². The molecule has 0 saturated carbocycles. The molecule has 5 heteroatoms. The normalized spacial score (nSPS) is 10.5. The van der Waals surface area contributed by atoms with E-state index in [1.165, 1.54) is 29.7 Å². The van der Waals surface area contributed by atoms with Crippen molar-refractivity contribution in [1.82, 2.24) is 15.2 Å². The molecule has 1 aromatic heterocycles. The maximum absolute atomic E-state index is 5.71. The van der Waals surface area contributed by atoms with E-state index >= 15 is 0 Å². The number of hydrogen-bond acceptors (Lipinski definition) is 3. The van der Waals surface area contributed by atoms with E-state index in [1.54, 1.807) is 6.20 Å². The Morgan fingerprint density at radius 2 is 1.68 bits per heavy atom. The number of benzene rings is 1. The van der Waals surface area contributed by atoms with Crippen molar-refractivity contribution >= 4 is 23.0 Å². The van der Waals surface area contributed by atoms with Gasteiger partial charge in [0.2, 0.25) is 0 Å². The molecular weight excluding hydrogens is 364 g/mol. The van der Waals surface area contributed by atoms with Crippen LogP contribution in [-0.4, -0.2) is 34.6 Å². The second-order valence-corrected chi connectivity index (χ2v) is 7.38. The van der Waals surface area contributed by atoms with Gasteiger partial charge < -0.3 is 15.1 Å². The number of pyridine rings is 1. The number of rotatable bonds is 11. The molecule has 0 aliphatic heterocycles. The SMILES string of the molecule is CCCCCNC(=S)N(Cc1ccc(N(CC)CC)cc1)Cc1cccnc1. The molecule has 1 heterocycles. The van der Waals surface area contributed by atoms with Crippen LogP contribution in [-0.2, 0) is 13.1 Å². The zero-order chi connectivity index (χ0) is 20.2. The number of aromatic nitrogens is 1. The summed E-state index contributed by atoms with van der Waals surface area (Å²) >= 11 is 5.71. The first kappa shape index (κ1) is 22.2. The van der Waals surface area contributed by atoms with Crippen LogP contribution in [0.25, 0.3) is 0 Å². The molecule has 152 valence electrons. The lowest BCUT2D eigenvalue weighted by Gasteiger charge is -2.27. The Morgan fingerprint density at radius 1 is 0.964 bits per heavy atom. The molecule has 0 fully saturated rings. The molecule has 0 amide bonds. The summed E-state index contributed by atoms with van der Waals surface area (Å²) in [5, 5.41) is 4.25. The highest BCUT2D eigenvalue weighted by Gasteiger charge is 2.12. The van der Waals surface area contributed by atoms with Crippen molar-refractivity contribution < 1.29 is 0 Å². The summed E-state index contributed by atoms with van der Waals surface area (Å²) in [5.74, 6) is 0. The van der Waals surface area contributed by atoms with E-state index in [0.717, 1.165) is 44.3 Å². The van der Waals surface area contributed by atoms with E-state index in [1.807, 2.05) is 12.3 Å². The summed E-state index contributed by atoms with van der Waals surface area (Å²) in [4.78, 5) is 8.83. The predicted octanol–water partition coefficient (Wildman–Crippen LogP) is 4.99. The molecule has 0 saturated heterocycles. The van der Waals surface area contributed by atoms with Gasteiger partial charge in [0.25, 0.3) is 0 Å². The Kier molecular flexibility index (Phi) is 9.77. The van der Waals surface area contributed by atoms with Crippen LogP contribution in [0, 0.1) is 0 Å². The lowest BCUT2D eigenvalue weighted by molar-refractivity contribution is 0.398. The van der Waals surface area contributed by atoms with Gasteiger partial charge in [-0.05, 0) is 61.8 Å². The molecule has 0 unspecified atom stereocenters. The third-order valence-electron chi connectivity index (χ3n) is 4.88. The third kappa shape index (κ3) is 7.12. The average Bonchev–Trinajstić information content (AvgIpc) is 2.73. The zero-order valence-corrected chi connectivity index (χ0v) is 18.3. The fourth-order valence-corrected chi connectivity index (χ4v) is 3.45. The van der Waals surface area contributed by atoms with Gasteiger partial charge in [-0.25, -0.2) is 0 Å². The molecule has 2 rings (SSSR count). The van der Waals surface area contributed by atoms with Crippen molar-refractivity contribution in [1.29, 1.82) is 0 Å². The Bertz CT molecular complexity index is 684. The van der Waals surface area contributed by atoms with Crippen LogP contribution in [0.4, 0.5) is 5.69 Å². The first-order valence-electron chi connectivity index (χ1n) is 10.4. The van der Waals surface area contributed by atoms with Crippen LogP contribution >= 0.6 is 12.2 Å². The maximum atomic E-state index is 5.71. The van der Waals surface area contributed by atoms with Crippen LogP contribution in [0.15, 0.2) is 48.8 Å². The number of nitrogens with zero attached hydrogens (tertiary/aromatic N) is 3. The molecule has 4 nitrogen and oxygen atoms in total. The molecule has 0 atom stereocenters. The van der Waals surface area contributed by atoms with Crippen LogP contribution in [0.5, 0.6) is 0 Å². The smallest absolute Gasteiger partial charge is 0.169 e. The van der Waals surface area contributed by atoms with Gasteiger partial charge in [0, 0.05) is 50.8 Å². The highest BCUT2D eigenvalue weighted by atomic mass is 32.1. The summed E-state index contributed by atoms with van der Waals surface area (Å²) in [6.07, 6.45) is 7.31. The Labute approximate surface area is 176 Å². The number of hydrogen-bond donors (Lipinski definition) is 1. The monoisotopic (exact) mass is 398 g/mol. The van der Waals surface area contributed by atoms with Crippen molar-refractivity contribution in [2.75, 3.05) is 24.5 Å². The molecule has 1 aromatic carbocycles. The highest BCUT2D eigenvalue weighted by Crippen LogP contribution is 2.17. The van der Waals surface area contributed by atoms with Gasteiger partial charge in [0.15, 0.2) is 5.11 Å². The molecule has 0 bridgehead atoms. The maximum Gasteiger partial charge on any atom is 0.169 e. The molecule has 0 aliphatic carbocycles. The molecule has 0 aliphatic rings. The fourth-order valence-electron chi connectivity index (χ4n) is 3.21. The average molecular weight is 399 g/mol. The fraction of sp³-hybridized carbons (Fsp3) is 0.478. The Hall–Kier alpha value is -2.14. The van der Waals surface area contributed by atoms with E-state index in [4.69, 9.17) is 12.2 Å². The van der Waals surface area contributed by atoms with E-state index in [0.29, 0.717) is 0 Å². The largest absolute Gasteiger partial charge is 0.372 e. The van der Waals surface area contributed by atoms with Crippen LogP contribution in [0.1, 0.15) is 51.2 Å². The third-order valence-corrected chi connectivity index (χ3v) is 5.28. The number of unbranched alkanes of at least 4 members (excludes halogenated alkanes) is 2. The molecule has 28 heavy (non-hydrogen) atoms. The van der Waals surface area contributed by atoms with Crippen molar-refractivity contribution in [3.8, 4) is 0 Å². The van der Waals surface area contributed by atoms with E-state index in [-0.39, 0.29) is 0 Å². The van der Waals surface area contributed by atoms with Gasteiger partial charge in [-0.2, -0.15) is 0 Å². The summed E-state index contributed by atoms with van der Waals surface area (Å²) in [7, 11) is 0. The number of nitrogens with one attached hydrogen (secondary N) is 1. The Morgan fingerprint density at radius 3 is 2.29 bits per heavy atom. The molecule has 0 spiro atoms. The van der Waals surface area contributed by atoms with Crippen LogP contribution in [0.3, 0.4) is 0 Å². The highest BCUT2D eigenvalue weighted by molar-refractivity contribution is 7.80. The zero-order valence-electron chi connectivity index (χ0n) is 17.5. The first-order valence-corrected chi connectivity index (χ1v) is 10.8. The van der Waals surface area contributed by atoms with E-state index in [2.05, 4.69) is 71.2 Å². The van der Waals surface area contributed by atoms with Crippen molar-refractivity contribution in [2.45, 2.75) is 53.1 Å². The lowest BCUT2D eigenvalue weighted by atomic mass is 10.1. The predicted molar refractivity (Wildman–Crippen MR) is 124 cm³/mol. The Balaban J connectivity index is 2.06. The second-order valence-electron chi connectivity index (χ2n) is 7.00. The summed E-state index contributed by atoms with van der Waals surface area (Å²) in [6.45, 7) is 11.1. The van der Waals surface area contributed by atoms with Gasteiger partial charge >= 0.3 is 0 Å². The minimum atomic E-state index is 0.755. The van der Waals surface area contributed by atoms with E-state index in [9.17, 15) is 0 Å². The van der Waals surface area contributed by atoms with Gasteiger partial charge in [0.1, 0.15) is 0 Å². The molecule has 0 radical (unpaired) electrons. The van der Waals surface area contributed by atoms with Crippen molar-refractivity contribution in [2.24, 2.45) is 0 Å². The lowest BCUT2D eigenvalue weighted by Crippen LogP contribution is -2.39. The minimum absolute atomic E-state index is 0.755. The van der Waals surface area contributed by atoms with Gasteiger partial charge in [0.05, 0.1) is 0 Å². The summed E-state index contributed by atoms with van der Waals surface area (Å²) in [5.41, 5.74) is 3.70. The minimum Gasteiger partial charge on any atom is -0.372 e. The van der Waals surface area contributed by atoms with E-state index < -0.39 is 0 Å². The van der Waals surface area contributed by atoms with Gasteiger partial charge in [-0.15, -0.1) is 0 Å². The summed E-state index contributed by atoms with van der Waals surface area (Å²) < 4.78 is 0. The first-order chi connectivity index (χ1) is 13.7. The van der Waals surface area contributed by atoms with Crippen LogP contribution in [0.2, 0.25) is 0 Å². The van der Waals surface area contributed by atoms with Crippen molar-refractivity contribution in [3.63, 3.8) is 0 Å². The number of thiocarbonyl (C=S) groups is 1. The van der Waals surface area contributed by atoms with Crippen molar-refractivity contribution in [3.05, 3.63) is 59.9 Å². The van der Waals surface area contributed by atoms with Gasteiger partial charge in [-0.1, -0.05) is 38.0 Å². The standard InChI is InChI=1S/C23H34N4S/c1-4-7-8-16-25-23(28)27(19-21-10-9-15-24-17-21)18-20-11-13-22(14-12-20)26(5-2)6-3/h9-15,17H,4-8,16,18-19H2,1-3H3,(H,25,28). The second kappa shape index (κ2) is 12.3. The summed E-state index contributed by atoms with van der Waals surface area (Å²) in [6, 6.07) is 12.9. The van der Waals surface area contributed by atoms with Gasteiger partial charge in [-0.3, -0.25) is 4.98 Å². The molecule has 1 N–H and O–H groups in total. The number of anilines is 1. The molecular formula is C23H34N4S. The quantitative estimate of drug-likeness (QED) is 0.425. The molecule has 2 aromatic rings.